The molecule has 1 aromatic heterocycles. The Morgan fingerprint density at radius 1 is 0.919 bits per heavy atom. The predicted molar refractivity (Wildman–Crippen MR) is 139 cm³/mol. The quantitative estimate of drug-likeness (QED) is 0.316. The molecule has 0 aliphatic carbocycles. The highest BCUT2D eigenvalue weighted by atomic mass is 16.5. The van der Waals surface area contributed by atoms with Gasteiger partial charge in [-0.1, -0.05) is 64.8 Å². The highest BCUT2D eigenvalue weighted by Gasteiger charge is 2.30. The van der Waals surface area contributed by atoms with Gasteiger partial charge in [0.25, 0.3) is 5.91 Å². The summed E-state index contributed by atoms with van der Waals surface area (Å²) in [4.78, 5) is 38.8. The number of rotatable bonds is 11. The van der Waals surface area contributed by atoms with E-state index in [0.29, 0.717) is 25.1 Å². The van der Waals surface area contributed by atoms with Crippen molar-refractivity contribution in [3.8, 4) is 0 Å². The Hall–Kier alpha value is -3.98. The standard InChI is InChI=1S/C28H34N4O5/c1-17-8-10-22(11-9-17)16-29-26(34)23(13-12-21-7-5-6-18(2)14-21)30-28(36)25(20(4)33)31-27(35)24-15-19(3)37-32-24/h5-11,14-15,20,23,25,33H,12-13,16H2,1-4H3,(H,29,34)(H,30,36)(H,31,35)/t20-,23+,25+/m1/s1. The number of nitrogens with zero attached hydrogens (tertiary/aromatic N) is 1. The van der Waals surface area contributed by atoms with Crippen molar-refractivity contribution < 1.29 is 24.0 Å². The Labute approximate surface area is 216 Å². The Balaban J connectivity index is 1.71. The van der Waals surface area contributed by atoms with Gasteiger partial charge in [-0.05, 0) is 51.7 Å². The molecule has 3 aromatic rings. The molecule has 0 spiro atoms. The molecule has 2 aromatic carbocycles. The lowest BCUT2D eigenvalue weighted by atomic mass is 10.0. The van der Waals surface area contributed by atoms with Gasteiger partial charge in [-0.2, -0.15) is 0 Å². The number of nitrogens with one attached hydrogen (secondary N) is 3. The van der Waals surface area contributed by atoms with E-state index in [1.54, 1.807) is 6.92 Å². The zero-order valence-electron chi connectivity index (χ0n) is 21.6. The van der Waals surface area contributed by atoms with Crippen molar-refractivity contribution in [1.82, 2.24) is 21.1 Å². The molecule has 0 fully saturated rings. The smallest absolute Gasteiger partial charge is 0.274 e. The third kappa shape index (κ3) is 8.28. The molecule has 0 bridgehead atoms. The Kier molecular flexibility index (Phi) is 9.57. The topological polar surface area (TPSA) is 134 Å². The van der Waals surface area contributed by atoms with Gasteiger partial charge in [0.15, 0.2) is 5.69 Å². The number of aliphatic hydroxyl groups excluding tert-OH is 1. The first kappa shape index (κ1) is 27.6. The molecule has 0 aliphatic heterocycles. The van der Waals surface area contributed by atoms with Gasteiger partial charge >= 0.3 is 0 Å². The van der Waals surface area contributed by atoms with E-state index in [1.165, 1.54) is 13.0 Å². The first-order chi connectivity index (χ1) is 17.6. The molecule has 3 amide bonds. The summed E-state index contributed by atoms with van der Waals surface area (Å²) >= 11 is 0. The van der Waals surface area contributed by atoms with Gasteiger partial charge in [0.05, 0.1) is 6.10 Å². The molecule has 0 radical (unpaired) electrons. The molecule has 3 rings (SSSR count). The van der Waals surface area contributed by atoms with Crippen LogP contribution < -0.4 is 16.0 Å². The van der Waals surface area contributed by atoms with Crippen LogP contribution in [-0.2, 0) is 22.6 Å². The van der Waals surface area contributed by atoms with Crippen LogP contribution in [0.3, 0.4) is 0 Å². The number of amides is 3. The lowest BCUT2D eigenvalue weighted by Crippen LogP contribution is -2.57. The highest BCUT2D eigenvalue weighted by Crippen LogP contribution is 2.10. The monoisotopic (exact) mass is 506 g/mol. The molecule has 37 heavy (non-hydrogen) atoms. The molecule has 0 saturated carbocycles. The third-order valence-electron chi connectivity index (χ3n) is 5.94. The minimum Gasteiger partial charge on any atom is -0.391 e. The number of carbonyl (C=O) groups is 3. The van der Waals surface area contributed by atoms with Crippen molar-refractivity contribution in [3.05, 3.63) is 88.3 Å². The van der Waals surface area contributed by atoms with E-state index in [0.717, 1.165) is 22.3 Å². The van der Waals surface area contributed by atoms with E-state index in [1.807, 2.05) is 62.4 Å². The van der Waals surface area contributed by atoms with Gasteiger partial charge in [-0.15, -0.1) is 0 Å². The van der Waals surface area contributed by atoms with E-state index in [2.05, 4.69) is 21.1 Å². The molecule has 3 atom stereocenters. The van der Waals surface area contributed by atoms with Crippen molar-refractivity contribution >= 4 is 17.7 Å². The van der Waals surface area contributed by atoms with Crippen molar-refractivity contribution in [2.75, 3.05) is 0 Å². The largest absolute Gasteiger partial charge is 0.391 e. The summed E-state index contributed by atoms with van der Waals surface area (Å²) in [6, 6.07) is 15.0. The summed E-state index contributed by atoms with van der Waals surface area (Å²) < 4.78 is 4.91. The first-order valence-electron chi connectivity index (χ1n) is 12.2. The minimum absolute atomic E-state index is 0.0113. The summed E-state index contributed by atoms with van der Waals surface area (Å²) in [6.07, 6.45) is -0.336. The number of aliphatic hydroxyl groups is 1. The summed E-state index contributed by atoms with van der Waals surface area (Å²) in [5.74, 6) is -1.27. The van der Waals surface area contributed by atoms with Gasteiger partial charge in [0, 0.05) is 12.6 Å². The van der Waals surface area contributed by atoms with Gasteiger partial charge in [-0.3, -0.25) is 14.4 Å². The first-order valence-corrected chi connectivity index (χ1v) is 12.2. The van der Waals surface area contributed by atoms with Crippen LogP contribution in [0.5, 0.6) is 0 Å². The molecular weight excluding hydrogens is 472 g/mol. The predicted octanol–water partition coefficient (Wildman–Crippen LogP) is 2.51. The maximum atomic E-state index is 13.1. The summed E-state index contributed by atoms with van der Waals surface area (Å²) in [5.41, 5.74) is 4.17. The van der Waals surface area contributed by atoms with Crippen LogP contribution in [-0.4, -0.2) is 46.2 Å². The fourth-order valence-electron chi connectivity index (χ4n) is 3.82. The molecule has 0 unspecified atom stereocenters. The average molecular weight is 507 g/mol. The van der Waals surface area contributed by atoms with E-state index in [9.17, 15) is 19.5 Å². The second-order valence-electron chi connectivity index (χ2n) is 9.31. The van der Waals surface area contributed by atoms with Crippen LogP contribution >= 0.6 is 0 Å². The lowest BCUT2D eigenvalue weighted by molar-refractivity contribution is -0.131. The Morgan fingerprint density at radius 2 is 1.65 bits per heavy atom. The normalized spacial score (nSPS) is 13.3. The highest BCUT2D eigenvalue weighted by molar-refractivity contribution is 5.97. The SMILES string of the molecule is Cc1ccc(CNC(=O)[C@H](CCc2cccc(C)c2)NC(=O)[C@@H](NC(=O)c2cc(C)on2)[C@@H](C)O)cc1. The molecular formula is C28H34N4O5. The van der Waals surface area contributed by atoms with Gasteiger partial charge in [0.1, 0.15) is 17.8 Å². The molecule has 196 valence electrons. The zero-order valence-corrected chi connectivity index (χ0v) is 21.6. The van der Waals surface area contributed by atoms with Crippen LogP contribution in [0.2, 0.25) is 0 Å². The number of hydrogen-bond acceptors (Lipinski definition) is 6. The molecule has 9 nitrogen and oxygen atoms in total. The van der Waals surface area contributed by atoms with Crippen LogP contribution in [0, 0.1) is 20.8 Å². The van der Waals surface area contributed by atoms with Crippen LogP contribution in [0.4, 0.5) is 0 Å². The van der Waals surface area contributed by atoms with Crippen LogP contribution in [0.25, 0.3) is 0 Å². The Morgan fingerprint density at radius 3 is 2.27 bits per heavy atom. The van der Waals surface area contributed by atoms with E-state index >= 15 is 0 Å². The number of carbonyl (C=O) groups excluding carboxylic acids is 3. The lowest BCUT2D eigenvalue weighted by Gasteiger charge is -2.24. The van der Waals surface area contributed by atoms with Gasteiger partial charge in [0.2, 0.25) is 11.8 Å². The average Bonchev–Trinajstić information content (AvgIpc) is 3.30. The number of hydrogen-bond donors (Lipinski definition) is 4. The molecule has 0 saturated heterocycles. The van der Waals surface area contributed by atoms with Crippen molar-refractivity contribution in [2.45, 2.75) is 65.3 Å². The molecule has 0 aliphatic rings. The fourth-order valence-corrected chi connectivity index (χ4v) is 3.82. The number of aromatic nitrogens is 1. The number of benzene rings is 2. The van der Waals surface area contributed by atoms with E-state index in [4.69, 9.17) is 4.52 Å². The second kappa shape index (κ2) is 12.8. The maximum absolute atomic E-state index is 13.1. The maximum Gasteiger partial charge on any atom is 0.274 e. The van der Waals surface area contributed by atoms with Gasteiger partial charge < -0.3 is 25.6 Å². The second-order valence-corrected chi connectivity index (χ2v) is 9.31. The molecule has 1 heterocycles. The summed E-state index contributed by atoms with van der Waals surface area (Å²) in [5, 5.41) is 22.0. The van der Waals surface area contributed by atoms with Gasteiger partial charge in [-0.25, -0.2) is 0 Å². The van der Waals surface area contributed by atoms with Crippen LogP contribution in [0.1, 0.15) is 51.8 Å². The Bertz CT molecular complexity index is 1220. The third-order valence-corrected chi connectivity index (χ3v) is 5.94. The molecule has 9 heteroatoms. The minimum atomic E-state index is -1.30. The van der Waals surface area contributed by atoms with E-state index < -0.39 is 30.0 Å². The molecule has 4 N–H and O–H groups in total. The fraction of sp³-hybridized carbons (Fsp3) is 0.357. The number of aryl methyl sites for hydroxylation is 4. The summed E-state index contributed by atoms with van der Waals surface area (Å²) in [6.45, 7) is 7.30. The zero-order chi connectivity index (χ0) is 26.9. The van der Waals surface area contributed by atoms with Crippen molar-refractivity contribution in [2.24, 2.45) is 0 Å². The van der Waals surface area contributed by atoms with Crippen LogP contribution in [0.15, 0.2) is 59.1 Å². The van der Waals surface area contributed by atoms with Crippen molar-refractivity contribution in [1.29, 1.82) is 0 Å². The van der Waals surface area contributed by atoms with Crippen molar-refractivity contribution in [3.63, 3.8) is 0 Å². The van der Waals surface area contributed by atoms with E-state index in [-0.39, 0.29) is 11.6 Å². The summed E-state index contributed by atoms with van der Waals surface area (Å²) in [7, 11) is 0.